The number of aromatic nitrogens is 1. The van der Waals surface area contributed by atoms with E-state index in [-0.39, 0.29) is 18.3 Å². The lowest BCUT2D eigenvalue weighted by molar-refractivity contribution is -0.140. The monoisotopic (exact) mass is 299 g/mol. The van der Waals surface area contributed by atoms with Crippen molar-refractivity contribution in [3.8, 4) is 0 Å². The van der Waals surface area contributed by atoms with Crippen LogP contribution in [-0.4, -0.2) is 42.0 Å². The molecule has 0 spiro atoms. The van der Waals surface area contributed by atoms with Crippen LogP contribution in [0.15, 0.2) is 0 Å². The Labute approximate surface area is 122 Å². The van der Waals surface area contributed by atoms with E-state index in [1.807, 2.05) is 13.8 Å². The number of nitrogen functional groups attached to an aromatic ring is 1. The van der Waals surface area contributed by atoms with Crippen molar-refractivity contribution in [1.82, 2.24) is 9.88 Å². The Kier molecular flexibility index (Phi) is 5.94. The summed E-state index contributed by atoms with van der Waals surface area (Å²) >= 11 is 1.18. The maximum absolute atomic E-state index is 12.5. The molecule has 20 heavy (non-hydrogen) atoms. The van der Waals surface area contributed by atoms with Crippen molar-refractivity contribution in [2.75, 3.05) is 25.9 Å². The Hall–Kier alpha value is -1.63. The quantitative estimate of drug-likeness (QED) is 0.808. The van der Waals surface area contributed by atoms with Crippen molar-refractivity contribution >= 4 is 28.3 Å². The van der Waals surface area contributed by atoms with Crippen molar-refractivity contribution in [2.45, 2.75) is 27.2 Å². The Bertz CT molecular complexity index is 485. The van der Waals surface area contributed by atoms with Gasteiger partial charge in [0, 0.05) is 13.1 Å². The molecule has 0 saturated carbocycles. The number of nitrogens with two attached hydrogens (primary N) is 1. The van der Waals surface area contributed by atoms with Crippen LogP contribution >= 0.6 is 11.3 Å². The second kappa shape index (κ2) is 7.23. The molecular weight excluding hydrogens is 278 g/mol. The molecule has 0 saturated heterocycles. The number of carbonyl (C=O) groups is 2. The molecular formula is C13H21N3O3S. The van der Waals surface area contributed by atoms with E-state index >= 15 is 0 Å². The van der Waals surface area contributed by atoms with Crippen LogP contribution < -0.4 is 5.73 Å². The Morgan fingerprint density at radius 3 is 2.55 bits per heavy atom. The third-order valence-corrected chi connectivity index (χ3v) is 3.67. The lowest BCUT2D eigenvalue weighted by atomic mass is 10.2. The maximum Gasteiger partial charge on any atom is 0.307 e. The van der Waals surface area contributed by atoms with Crippen LogP contribution in [0.3, 0.4) is 0 Å². The number of ether oxygens (including phenoxy) is 1. The minimum Gasteiger partial charge on any atom is -0.469 e. The van der Waals surface area contributed by atoms with E-state index in [0.29, 0.717) is 34.7 Å². The fourth-order valence-corrected chi connectivity index (χ4v) is 2.61. The molecule has 0 radical (unpaired) electrons. The van der Waals surface area contributed by atoms with Gasteiger partial charge in [0.05, 0.1) is 19.2 Å². The van der Waals surface area contributed by atoms with Crippen LogP contribution in [0.25, 0.3) is 0 Å². The topological polar surface area (TPSA) is 85.5 Å². The Balaban J connectivity index is 2.84. The zero-order valence-corrected chi connectivity index (χ0v) is 13.1. The number of rotatable bonds is 6. The standard InChI is InChI=1S/C13H21N3O3S/c1-8(2)7-16(6-5-10(17)19-4)12(18)11-9(3)15-13(14)20-11/h8H,5-7H2,1-4H3,(H2,14,15). The molecule has 1 aromatic rings. The fourth-order valence-electron chi connectivity index (χ4n) is 1.80. The van der Waals surface area contributed by atoms with E-state index in [9.17, 15) is 9.59 Å². The van der Waals surface area contributed by atoms with Crippen LogP contribution in [0, 0.1) is 12.8 Å². The first-order valence-corrected chi connectivity index (χ1v) is 7.25. The van der Waals surface area contributed by atoms with Gasteiger partial charge in [-0.25, -0.2) is 4.98 Å². The molecule has 0 aliphatic carbocycles. The summed E-state index contributed by atoms with van der Waals surface area (Å²) in [5.74, 6) is -0.149. The van der Waals surface area contributed by atoms with Gasteiger partial charge in [-0.1, -0.05) is 25.2 Å². The van der Waals surface area contributed by atoms with Gasteiger partial charge in [-0.15, -0.1) is 0 Å². The predicted molar refractivity (Wildman–Crippen MR) is 78.6 cm³/mol. The third-order valence-electron chi connectivity index (χ3n) is 2.69. The van der Waals surface area contributed by atoms with E-state index in [2.05, 4.69) is 9.72 Å². The number of amides is 1. The van der Waals surface area contributed by atoms with Gasteiger partial charge in [-0.2, -0.15) is 0 Å². The largest absolute Gasteiger partial charge is 0.469 e. The molecule has 7 heteroatoms. The molecule has 0 bridgehead atoms. The highest BCUT2D eigenvalue weighted by atomic mass is 32.1. The second-order valence-electron chi connectivity index (χ2n) is 4.94. The first-order valence-electron chi connectivity index (χ1n) is 6.44. The van der Waals surface area contributed by atoms with Gasteiger partial charge < -0.3 is 15.4 Å². The number of aryl methyl sites for hydroxylation is 1. The summed E-state index contributed by atoms with van der Waals surface area (Å²) < 4.78 is 4.61. The van der Waals surface area contributed by atoms with Crippen molar-refractivity contribution in [1.29, 1.82) is 0 Å². The maximum atomic E-state index is 12.5. The van der Waals surface area contributed by atoms with Gasteiger partial charge in [-0.3, -0.25) is 9.59 Å². The molecule has 2 N–H and O–H groups in total. The summed E-state index contributed by atoms with van der Waals surface area (Å²) in [6.45, 7) is 6.71. The van der Waals surface area contributed by atoms with E-state index in [1.165, 1.54) is 18.4 Å². The van der Waals surface area contributed by atoms with Crippen molar-refractivity contribution in [3.05, 3.63) is 10.6 Å². The zero-order chi connectivity index (χ0) is 15.3. The van der Waals surface area contributed by atoms with Crippen LogP contribution in [0.1, 0.15) is 35.6 Å². The van der Waals surface area contributed by atoms with Gasteiger partial charge in [0.15, 0.2) is 5.13 Å². The molecule has 0 aliphatic heterocycles. The molecule has 112 valence electrons. The summed E-state index contributed by atoms with van der Waals surface area (Å²) in [6, 6.07) is 0. The molecule has 1 amide bonds. The third kappa shape index (κ3) is 4.48. The van der Waals surface area contributed by atoms with Gasteiger partial charge in [0.2, 0.25) is 0 Å². The first kappa shape index (κ1) is 16.4. The first-order chi connectivity index (χ1) is 9.35. The number of hydrogen-bond acceptors (Lipinski definition) is 6. The van der Waals surface area contributed by atoms with Gasteiger partial charge in [0.25, 0.3) is 5.91 Å². The van der Waals surface area contributed by atoms with Crippen molar-refractivity contribution in [2.24, 2.45) is 5.92 Å². The highest BCUT2D eigenvalue weighted by Crippen LogP contribution is 2.22. The summed E-state index contributed by atoms with van der Waals surface area (Å²) in [4.78, 5) is 30.0. The summed E-state index contributed by atoms with van der Waals surface area (Å²) in [7, 11) is 1.34. The Morgan fingerprint density at radius 1 is 1.45 bits per heavy atom. The molecule has 1 aromatic heterocycles. The zero-order valence-electron chi connectivity index (χ0n) is 12.3. The van der Waals surface area contributed by atoms with Gasteiger partial charge in [0.1, 0.15) is 4.88 Å². The summed E-state index contributed by atoms with van der Waals surface area (Å²) in [6.07, 6.45) is 0.183. The molecule has 0 aromatic carbocycles. The van der Waals surface area contributed by atoms with E-state index in [1.54, 1.807) is 11.8 Å². The minimum atomic E-state index is -0.327. The van der Waals surface area contributed by atoms with Crippen LogP contribution in [-0.2, 0) is 9.53 Å². The molecule has 1 heterocycles. The molecule has 0 aliphatic rings. The summed E-state index contributed by atoms with van der Waals surface area (Å²) in [5.41, 5.74) is 6.25. The lowest BCUT2D eigenvalue weighted by Crippen LogP contribution is -2.36. The second-order valence-corrected chi connectivity index (χ2v) is 5.97. The Morgan fingerprint density at radius 2 is 2.10 bits per heavy atom. The van der Waals surface area contributed by atoms with Crippen LogP contribution in [0.4, 0.5) is 5.13 Å². The average Bonchev–Trinajstić information content (AvgIpc) is 2.71. The minimum absolute atomic E-state index is 0.130. The number of nitrogens with zero attached hydrogens (tertiary/aromatic N) is 2. The number of thiazole rings is 1. The van der Waals surface area contributed by atoms with Crippen molar-refractivity contribution in [3.63, 3.8) is 0 Å². The average molecular weight is 299 g/mol. The fraction of sp³-hybridized carbons (Fsp3) is 0.615. The van der Waals surface area contributed by atoms with Crippen LogP contribution in [0.5, 0.6) is 0 Å². The van der Waals surface area contributed by atoms with E-state index in [0.717, 1.165) is 0 Å². The predicted octanol–water partition coefficient (Wildman–Crippen LogP) is 1.70. The highest BCUT2D eigenvalue weighted by molar-refractivity contribution is 7.17. The van der Waals surface area contributed by atoms with E-state index < -0.39 is 0 Å². The highest BCUT2D eigenvalue weighted by Gasteiger charge is 2.22. The number of hydrogen-bond donors (Lipinski definition) is 1. The number of esters is 1. The normalized spacial score (nSPS) is 10.7. The van der Waals surface area contributed by atoms with Gasteiger partial charge >= 0.3 is 5.97 Å². The van der Waals surface area contributed by atoms with Gasteiger partial charge in [-0.05, 0) is 12.8 Å². The molecule has 6 nitrogen and oxygen atoms in total. The molecule has 1 rings (SSSR count). The van der Waals surface area contributed by atoms with E-state index in [4.69, 9.17) is 5.73 Å². The van der Waals surface area contributed by atoms with Crippen LogP contribution in [0.2, 0.25) is 0 Å². The molecule has 0 fully saturated rings. The summed E-state index contributed by atoms with van der Waals surface area (Å²) in [5, 5.41) is 0.378. The number of anilines is 1. The molecule has 0 atom stereocenters. The number of methoxy groups -OCH3 is 1. The smallest absolute Gasteiger partial charge is 0.307 e. The SMILES string of the molecule is COC(=O)CCN(CC(C)C)C(=O)c1sc(N)nc1C. The van der Waals surface area contributed by atoms with Crippen molar-refractivity contribution < 1.29 is 14.3 Å². The molecule has 0 unspecified atom stereocenters. The number of carbonyl (C=O) groups excluding carboxylic acids is 2. The lowest BCUT2D eigenvalue weighted by Gasteiger charge is -2.23.